The van der Waals surface area contributed by atoms with Gasteiger partial charge in [-0.15, -0.1) is 5.10 Å². The van der Waals surface area contributed by atoms with Crippen molar-refractivity contribution in [3.05, 3.63) is 10.3 Å². The van der Waals surface area contributed by atoms with E-state index in [1.54, 1.807) is 0 Å². The van der Waals surface area contributed by atoms with E-state index in [2.05, 4.69) is 38.5 Å². The number of aryl methyl sites for hydroxylation is 1. The highest BCUT2D eigenvalue weighted by Crippen LogP contribution is 2.42. The SMILES string of the molecule is CCC1CCC(CNC)C(c2c(Br)nnn2C)C1. The van der Waals surface area contributed by atoms with E-state index in [0.29, 0.717) is 11.8 Å². The summed E-state index contributed by atoms with van der Waals surface area (Å²) in [6, 6.07) is 0. The van der Waals surface area contributed by atoms with Crippen molar-refractivity contribution in [3.8, 4) is 0 Å². The van der Waals surface area contributed by atoms with Crippen LogP contribution in [0.4, 0.5) is 0 Å². The predicted octanol–water partition coefficient (Wildman–Crippen LogP) is 2.71. The van der Waals surface area contributed by atoms with Gasteiger partial charge < -0.3 is 5.32 Å². The van der Waals surface area contributed by atoms with E-state index < -0.39 is 0 Å². The molecule has 1 aromatic rings. The Bertz CT molecular complexity index is 371. The van der Waals surface area contributed by atoms with Crippen LogP contribution in [0.1, 0.15) is 44.2 Å². The summed E-state index contributed by atoms with van der Waals surface area (Å²) in [7, 11) is 4.04. The van der Waals surface area contributed by atoms with Crippen molar-refractivity contribution < 1.29 is 0 Å². The fourth-order valence-electron chi connectivity index (χ4n) is 3.26. The Morgan fingerprint density at radius 1 is 1.44 bits per heavy atom. The van der Waals surface area contributed by atoms with Crippen LogP contribution in [0.2, 0.25) is 0 Å². The molecule has 102 valence electrons. The van der Waals surface area contributed by atoms with E-state index in [0.717, 1.165) is 17.1 Å². The van der Waals surface area contributed by atoms with Crippen molar-refractivity contribution in [2.75, 3.05) is 13.6 Å². The van der Waals surface area contributed by atoms with Crippen molar-refractivity contribution in [3.63, 3.8) is 0 Å². The molecule has 3 unspecified atom stereocenters. The molecular weight excluding hydrogens is 292 g/mol. The lowest BCUT2D eigenvalue weighted by Gasteiger charge is -2.36. The average molecular weight is 315 g/mol. The third-order valence-corrected chi connectivity index (χ3v) is 4.89. The maximum atomic E-state index is 4.15. The van der Waals surface area contributed by atoms with Crippen LogP contribution < -0.4 is 5.32 Å². The molecule has 3 atom stereocenters. The van der Waals surface area contributed by atoms with E-state index in [-0.39, 0.29) is 0 Å². The maximum Gasteiger partial charge on any atom is 0.151 e. The lowest BCUT2D eigenvalue weighted by molar-refractivity contribution is 0.221. The van der Waals surface area contributed by atoms with E-state index in [4.69, 9.17) is 0 Å². The zero-order chi connectivity index (χ0) is 13.1. The molecule has 0 saturated heterocycles. The van der Waals surface area contributed by atoms with Crippen LogP contribution in [0.25, 0.3) is 0 Å². The van der Waals surface area contributed by atoms with Crippen LogP contribution in [0.5, 0.6) is 0 Å². The summed E-state index contributed by atoms with van der Waals surface area (Å²) in [6.45, 7) is 3.38. The molecule has 0 radical (unpaired) electrons. The third-order valence-electron chi connectivity index (χ3n) is 4.32. The first-order chi connectivity index (χ1) is 8.67. The second-order valence-corrected chi connectivity index (χ2v) is 6.15. The fraction of sp³-hybridized carbons (Fsp3) is 0.846. The molecular formula is C13H23BrN4. The van der Waals surface area contributed by atoms with Crippen LogP contribution in [0.15, 0.2) is 4.60 Å². The summed E-state index contributed by atoms with van der Waals surface area (Å²) in [6.07, 6.45) is 5.22. The Morgan fingerprint density at radius 3 is 2.78 bits per heavy atom. The number of nitrogens with one attached hydrogen (secondary N) is 1. The van der Waals surface area contributed by atoms with Gasteiger partial charge in [0.2, 0.25) is 0 Å². The second kappa shape index (κ2) is 6.15. The maximum absolute atomic E-state index is 4.15. The molecule has 1 heterocycles. The highest BCUT2D eigenvalue weighted by molar-refractivity contribution is 9.10. The van der Waals surface area contributed by atoms with Crippen LogP contribution in [0.3, 0.4) is 0 Å². The molecule has 1 aliphatic rings. The monoisotopic (exact) mass is 314 g/mol. The third kappa shape index (κ3) is 2.77. The normalized spacial score (nSPS) is 28.6. The minimum absolute atomic E-state index is 0.575. The lowest BCUT2D eigenvalue weighted by Crippen LogP contribution is -2.31. The molecule has 0 aliphatic heterocycles. The average Bonchev–Trinajstić information content (AvgIpc) is 2.70. The molecule has 4 nitrogen and oxygen atoms in total. The topological polar surface area (TPSA) is 42.7 Å². The highest BCUT2D eigenvalue weighted by Gasteiger charge is 2.33. The number of halogens is 1. The van der Waals surface area contributed by atoms with Gasteiger partial charge in [-0.25, -0.2) is 0 Å². The van der Waals surface area contributed by atoms with E-state index in [9.17, 15) is 0 Å². The number of aromatic nitrogens is 3. The van der Waals surface area contributed by atoms with Gasteiger partial charge in [0.05, 0.1) is 5.69 Å². The standard InChI is InChI=1S/C13H23BrN4/c1-4-9-5-6-10(8-15-2)11(7-9)12-13(14)16-17-18(12)3/h9-11,15H,4-8H2,1-3H3. The van der Waals surface area contributed by atoms with Crippen molar-refractivity contribution in [1.29, 1.82) is 0 Å². The molecule has 1 aromatic heterocycles. The van der Waals surface area contributed by atoms with Crippen LogP contribution in [-0.2, 0) is 7.05 Å². The minimum Gasteiger partial charge on any atom is -0.319 e. The van der Waals surface area contributed by atoms with Crippen LogP contribution in [-0.4, -0.2) is 28.6 Å². The Hall–Kier alpha value is -0.420. The lowest BCUT2D eigenvalue weighted by atomic mass is 9.72. The van der Waals surface area contributed by atoms with Crippen molar-refractivity contribution in [1.82, 2.24) is 20.3 Å². The van der Waals surface area contributed by atoms with Gasteiger partial charge in [0.1, 0.15) is 0 Å². The minimum atomic E-state index is 0.575. The first kappa shape index (κ1) is 14.0. The van der Waals surface area contributed by atoms with Crippen molar-refractivity contribution in [2.45, 2.75) is 38.5 Å². The highest BCUT2D eigenvalue weighted by atomic mass is 79.9. The molecule has 1 aliphatic carbocycles. The molecule has 18 heavy (non-hydrogen) atoms. The molecule has 0 aromatic carbocycles. The summed E-state index contributed by atoms with van der Waals surface area (Å²) in [5.41, 5.74) is 1.27. The summed E-state index contributed by atoms with van der Waals surface area (Å²) in [5, 5.41) is 11.6. The van der Waals surface area contributed by atoms with E-state index in [1.807, 2.05) is 18.8 Å². The molecule has 1 saturated carbocycles. The largest absolute Gasteiger partial charge is 0.319 e. The molecule has 1 N–H and O–H groups in total. The fourth-order valence-corrected chi connectivity index (χ4v) is 3.89. The van der Waals surface area contributed by atoms with E-state index in [1.165, 1.54) is 31.4 Å². The quantitative estimate of drug-likeness (QED) is 0.929. The Labute approximate surface area is 118 Å². The molecule has 2 rings (SSSR count). The van der Waals surface area contributed by atoms with Gasteiger partial charge in [-0.1, -0.05) is 25.0 Å². The Kier molecular flexibility index (Phi) is 4.78. The molecule has 0 bridgehead atoms. The van der Waals surface area contributed by atoms with Gasteiger partial charge in [0.25, 0.3) is 0 Å². The van der Waals surface area contributed by atoms with Gasteiger partial charge in [-0.05, 0) is 54.2 Å². The van der Waals surface area contributed by atoms with Crippen LogP contribution in [0, 0.1) is 11.8 Å². The summed E-state index contributed by atoms with van der Waals surface area (Å²) >= 11 is 3.56. The Balaban J connectivity index is 2.24. The second-order valence-electron chi connectivity index (χ2n) is 5.40. The summed E-state index contributed by atoms with van der Waals surface area (Å²) in [5.74, 6) is 2.13. The smallest absolute Gasteiger partial charge is 0.151 e. The summed E-state index contributed by atoms with van der Waals surface area (Å²) in [4.78, 5) is 0. The molecule has 5 heteroatoms. The van der Waals surface area contributed by atoms with Gasteiger partial charge in [-0.3, -0.25) is 4.68 Å². The number of rotatable bonds is 4. The van der Waals surface area contributed by atoms with E-state index >= 15 is 0 Å². The zero-order valence-electron chi connectivity index (χ0n) is 11.5. The van der Waals surface area contributed by atoms with Crippen molar-refractivity contribution >= 4 is 15.9 Å². The first-order valence-electron chi connectivity index (χ1n) is 6.87. The summed E-state index contributed by atoms with van der Waals surface area (Å²) < 4.78 is 2.86. The number of hydrogen-bond acceptors (Lipinski definition) is 3. The van der Waals surface area contributed by atoms with Gasteiger partial charge >= 0.3 is 0 Å². The first-order valence-corrected chi connectivity index (χ1v) is 7.66. The van der Waals surface area contributed by atoms with Gasteiger partial charge in [0.15, 0.2) is 4.60 Å². The molecule has 0 amide bonds. The predicted molar refractivity (Wildman–Crippen MR) is 76.5 cm³/mol. The van der Waals surface area contributed by atoms with Gasteiger partial charge in [0, 0.05) is 13.0 Å². The zero-order valence-corrected chi connectivity index (χ0v) is 13.1. The van der Waals surface area contributed by atoms with Gasteiger partial charge in [-0.2, -0.15) is 0 Å². The Morgan fingerprint density at radius 2 is 2.22 bits per heavy atom. The van der Waals surface area contributed by atoms with Crippen molar-refractivity contribution in [2.24, 2.45) is 18.9 Å². The molecule has 1 fully saturated rings. The number of nitrogens with zero attached hydrogens (tertiary/aromatic N) is 3. The molecule has 0 spiro atoms. The van der Waals surface area contributed by atoms with Crippen LogP contribution >= 0.6 is 15.9 Å². The number of hydrogen-bond donors (Lipinski definition) is 1.